The molecule has 0 radical (unpaired) electrons. The summed E-state index contributed by atoms with van der Waals surface area (Å²) in [5, 5.41) is 9.29. The third kappa shape index (κ3) is 2.29. The van der Waals surface area contributed by atoms with Crippen molar-refractivity contribution >= 4 is 12.2 Å². The van der Waals surface area contributed by atoms with Crippen LogP contribution in [0.5, 0.6) is 5.75 Å². The molecule has 0 amide bonds. The molecule has 1 N–H and O–H groups in total. The van der Waals surface area contributed by atoms with Crippen molar-refractivity contribution in [1.29, 1.82) is 0 Å². The van der Waals surface area contributed by atoms with E-state index in [0.717, 1.165) is 11.3 Å². The first-order valence-corrected chi connectivity index (χ1v) is 4.84. The van der Waals surface area contributed by atoms with Crippen LogP contribution in [-0.2, 0) is 7.05 Å². The highest BCUT2D eigenvalue weighted by Gasteiger charge is 1.92. The Labute approximate surface area is 89.1 Å². The second-order valence-corrected chi connectivity index (χ2v) is 3.47. The predicted molar refractivity (Wildman–Crippen MR) is 62.4 cm³/mol. The number of aromatic nitrogens is 1. The second kappa shape index (κ2) is 4.05. The molecule has 2 nitrogen and oxygen atoms in total. The molecule has 0 aliphatic heterocycles. The van der Waals surface area contributed by atoms with Gasteiger partial charge in [-0.15, -0.1) is 0 Å². The van der Waals surface area contributed by atoms with Crippen LogP contribution in [0.25, 0.3) is 12.2 Å². The maximum atomic E-state index is 9.29. The third-order valence-electron chi connectivity index (χ3n) is 2.30. The largest absolute Gasteiger partial charge is 0.508 e. The average Bonchev–Trinajstić information content (AvgIpc) is 2.61. The number of aromatic hydroxyl groups is 1. The van der Waals surface area contributed by atoms with Crippen molar-refractivity contribution in [3.05, 3.63) is 53.9 Å². The number of nitrogens with zero attached hydrogens (tertiary/aromatic N) is 1. The molecule has 0 saturated heterocycles. The van der Waals surface area contributed by atoms with E-state index in [9.17, 15) is 5.11 Å². The van der Waals surface area contributed by atoms with Gasteiger partial charge in [-0.05, 0) is 35.9 Å². The van der Waals surface area contributed by atoms with Crippen LogP contribution in [0.2, 0.25) is 0 Å². The molecule has 2 heteroatoms. The van der Waals surface area contributed by atoms with Crippen molar-refractivity contribution in [2.45, 2.75) is 0 Å². The van der Waals surface area contributed by atoms with Gasteiger partial charge in [-0.3, -0.25) is 0 Å². The van der Waals surface area contributed by atoms with Gasteiger partial charge in [0.05, 0.1) is 0 Å². The summed E-state index contributed by atoms with van der Waals surface area (Å²) in [6.45, 7) is 0. The average molecular weight is 199 g/mol. The van der Waals surface area contributed by atoms with Crippen molar-refractivity contribution in [3.8, 4) is 5.75 Å². The Kier molecular flexibility index (Phi) is 2.59. The van der Waals surface area contributed by atoms with E-state index in [1.54, 1.807) is 12.1 Å². The number of benzene rings is 1. The minimum absolute atomic E-state index is 0.295. The molecule has 1 aromatic heterocycles. The zero-order valence-corrected chi connectivity index (χ0v) is 8.59. The van der Waals surface area contributed by atoms with Crippen molar-refractivity contribution < 1.29 is 5.11 Å². The fourth-order valence-corrected chi connectivity index (χ4v) is 1.46. The smallest absolute Gasteiger partial charge is 0.116 e. The first-order valence-electron chi connectivity index (χ1n) is 4.84. The van der Waals surface area contributed by atoms with E-state index in [1.165, 1.54) is 0 Å². The molecule has 0 saturated carbocycles. The number of hydrogen-bond donors (Lipinski definition) is 1. The minimum atomic E-state index is 0.295. The number of hydrogen-bond acceptors (Lipinski definition) is 1. The van der Waals surface area contributed by atoms with Crippen LogP contribution in [0, 0.1) is 0 Å². The van der Waals surface area contributed by atoms with Crippen molar-refractivity contribution in [3.63, 3.8) is 0 Å². The summed E-state index contributed by atoms with van der Waals surface area (Å²) in [7, 11) is 2.00. The standard InChI is InChI=1S/C13H13NO/c1-14-9-3-5-12(14)8-7-11-4-2-6-13(15)10-11/h2-10,15H,1H3/b8-7+. The quantitative estimate of drug-likeness (QED) is 0.790. The number of aryl methyl sites for hydroxylation is 1. The molecule has 0 unspecified atom stereocenters. The van der Waals surface area contributed by atoms with Gasteiger partial charge in [0.25, 0.3) is 0 Å². The van der Waals surface area contributed by atoms with E-state index in [0.29, 0.717) is 5.75 Å². The van der Waals surface area contributed by atoms with Crippen LogP contribution >= 0.6 is 0 Å². The van der Waals surface area contributed by atoms with Crippen LogP contribution in [-0.4, -0.2) is 9.67 Å². The molecule has 15 heavy (non-hydrogen) atoms. The summed E-state index contributed by atoms with van der Waals surface area (Å²) in [5.41, 5.74) is 2.13. The molecular formula is C13H13NO. The molecule has 0 atom stereocenters. The molecule has 0 spiro atoms. The summed E-state index contributed by atoms with van der Waals surface area (Å²) in [5.74, 6) is 0.295. The Bertz CT molecular complexity index is 483. The number of rotatable bonds is 2. The maximum absolute atomic E-state index is 9.29. The molecule has 1 aromatic carbocycles. The number of phenolic OH excluding ortho intramolecular Hbond substituents is 1. The Morgan fingerprint density at radius 3 is 2.67 bits per heavy atom. The van der Waals surface area contributed by atoms with Gasteiger partial charge in [0.2, 0.25) is 0 Å². The van der Waals surface area contributed by atoms with E-state index < -0.39 is 0 Å². The van der Waals surface area contributed by atoms with Crippen molar-refractivity contribution in [1.82, 2.24) is 4.57 Å². The molecule has 2 rings (SSSR count). The molecule has 0 aliphatic rings. The normalized spacial score (nSPS) is 11.0. The molecule has 0 bridgehead atoms. The Hall–Kier alpha value is -1.96. The van der Waals surface area contributed by atoms with E-state index in [1.807, 2.05) is 54.2 Å². The fourth-order valence-electron chi connectivity index (χ4n) is 1.46. The van der Waals surface area contributed by atoms with Gasteiger partial charge in [0, 0.05) is 18.9 Å². The zero-order chi connectivity index (χ0) is 10.7. The molecule has 0 fully saturated rings. The lowest BCUT2D eigenvalue weighted by Gasteiger charge is -1.97. The number of phenols is 1. The summed E-state index contributed by atoms with van der Waals surface area (Å²) in [6.07, 6.45) is 6.01. The van der Waals surface area contributed by atoms with E-state index in [-0.39, 0.29) is 0 Å². The van der Waals surface area contributed by atoms with Crippen LogP contribution in [0.4, 0.5) is 0 Å². The van der Waals surface area contributed by atoms with Crippen molar-refractivity contribution in [2.24, 2.45) is 7.05 Å². The Morgan fingerprint density at radius 2 is 2.00 bits per heavy atom. The van der Waals surface area contributed by atoms with E-state index in [4.69, 9.17) is 0 Å². The Balaban J connectivity index is 2.22. The first kappa shape index (κ1) is 9.59. The van der Waals surface area contributed by atoms with Gasteiger partial charge in [0.15, 0.2) is 0 Å². The van der Waals surface area contributed by atoms with Crippen LogP contribution in [0.15, 0.2) is 42.6 Å². The Morgan fingerprint density at radius 1 is 1.13 bits per heavy atom. The molecular weight excluding hydrogens is 186 g/mol. The van der Waals surface area contributed by atoms with Crippen LogP contribution in [0.3, 0.4) is 0 Å². The first-order chi connectivity index (χ1) is 7.25. The second-order valence-electron chi connectivity index (χ2n) is 3.47. The minimum Gasteiger partial charge on any atom is -0.508 e. The summed E-state index contributed by atoms with van der Waals surface area (Å²) in [6, 6.07) is 11.2. The lowest BCUT2D eigenvalue weighted by molar-refractivity contribution is 0.475. The van der Waals surface area contributed by atoms with Gasteiger partial charge < -0.3 is 9.67 Å². The highest BCUT2D eigenvalue weighted by Crippen LogP contribution is 2.13. The van der Waals surface area contributed by atoms with Gasteiger partial charge in [-0.1, -0.05) is 18.2 Å². The summed E-state index contributed by atoms with van der Waals surface area (Å²) < 4.78 is 2.04. The monoisotopic (exact) mass is 199 g/mol. The van der Waals surface area contributed by atoms with Gasteiger partial charge in [-0.2, -0.15) is 0 Å². The fraction of sp³-hybridized carbons (Fsp3) is 0.0769. The van der Waals surface area contributed by atoms with E-state index >= 15 is 0 Å². The topological polar surface area (TPSA) is 25.2 Å². The highest BCUT2D eigenvalue weighted by molar-refractivity contribution is 5.68. The van der Waals surface area contributed by atoms with Crippen LogP contribution < -0.4 is 0 Å². The predicted octanol–water partition coefficient (Wildman–Crippen LogP) is 2.90. The lowest BCUT2D eigenvalue weighted by atomic mass is 10.2. The summed E-state index contributed by atoms with van der Waals surface area (Å²) in [4.78, 5) is 0. The van der Waals surface area contributed by atoms with Crippen LogP contribution in [0.1, 0.15) is 11.3 Å². The molecule has 2 aromatic rings. The lowest BCUT2D eigenvalue weighted by Crippen LogP contribution is -1.86. The van der Waals surface area contributed by atoms with Crippen molar-refractivity contribution in [2.75, 3.05) is 0 Å². The molecule has 1 heterocycles. The zero-order valence-electron chi connectivity index (χ0n) is 8.59. The van der Waals surface area contributed by atoms with Gasteiger partial charge in [0.1, 0.15) is 5.75 Å². The van der Waals surface area contributed by atoms with Gasteiger partial charge in [-0.25, -0.2) is 0 Å². The third-order valence-corrected chi connectivity index (χ3v) is 2.30. The van der Waals surface area contributed by atoms with E-state index in [2.05, 4.69) is 0 Å². The molecule has 76 valence electrons. The summed E-state index contributed by atoms with van der Waals surface area (Å²) >= 11 is 0. The molecule has 0 aliphatic carbocycles. The van der Waals surface area contributed by atoms with Gasteiger partial charge >= 0.3 is 0 Å². The maximum Gasteiger partial charge on any atom is 0.116 e. The highest BCUT2D eigenvalue weighted by atomic mass is 16.3. The SMILES string of the molecule is Cn1cccc1/C=C/c1cccc(O)c1.